The van der Waals surface area contributed by atoms with Crippen LogP contribution in [0.4, 0.5) is 5.69 Å². The normalized spacial score (nSPS) is 12.4. The summed E-state index contributed by atoms with van der Waals surface area (Å²) in [5.41, 5.74) is 8.13. The largest absolute Gasteiger partial charge is 0.365 e. The van der Waals surface area contributed by atoms with Gasteiger partial charge in [-0.25, -0.2) is 0 Å². The Morgan fingerprint density at radius 2 is 2.15 bits per heavy atom. The lowest BCUT2D eigenvalue weighted by Crippen LogP contribution is -2.22. The third-order valence-electron chi connectivity index (χ3n) is 3.22. The van der Waals surface area contributed by atoms with Crippen molar-refractivity contribution >= 4 is 28.6 Å². The minimum Gasteiger partial charge on any atom is -0.365 e. The molecule has 1 atom stereocenters. The molecule has 1 unspecified atom stereocenters. The number of halogens is 1. The van der Waals surface area contributed by atoms with E-state index in [4.69, 9.17) is 17.3 Å². The standard InChI is InChI=1S/C16H21ClN2S/c1-3-19(11-14-5-4-8-20-14)16-7-6-13(9-12(2)18)10-15(16)17/h4-8,10,12H,3,9,11,18H2,1-2H3. The molecule has 1 aromatic heterocycles. The highest BCUT2D eigenvalue weighted by Crippen LogP contribution is 2.29. The van der Waals surface area contributed by atoms with Gasteiger partial charge < -0.3 is 10.6 Å². The molecular formula is C16H21ClN2S. The molecule has 2 aromatic rings. The zero-order chi connectivity index (χ0) is 14.5. The summed E-state index contributed by atoms with van der Waals surface area (Å²) in [5.74, 6) is 0. The van der Waals surface area contributed by atoms with Gasteiger partial charge in [-0.1, -0.05) is 23.7 Å². The van der Waals surface area contributed by atoms with Crippen LogP contribution in [0.2, 0.25) is 5.02 Å². The second-order valence-electron chi connectivity index (χ2n) is 5.06. The predicted octanol–water partition coefficient (Wildman–Crippen LogP) is 4.32. The molecule has 0 spiro atoms. The summed E-state index contributed by atoms with van der Waals surface area (Å²) in [7, 11) is 0. The van der Waals surface area contributed by atoms with E-state index in [2.05, 4.69) is 41.5 Å². The van der Waals surface area contributed by atoms with E-state index in [1.807, 2.05) is 13.0 Å². The molecule has 0 fully saturated rings. The molecule has 2 nitrogen and oxygen atoms in total. The summed E-state index contributed by atoms with van der Waals surface area (Å²) < 4.78 is 0. The monoisotopic (exact) mass is 308 g/mol. The van der Waals surface area contributed by atoms with Crippen molar-refractivity contribution in [1.29, 1.82) is 0 Å². The van der Waals surface area contributed by atoms with E-state index in [1.165, 1.54) is 10.4 Å². The smallest absolute Gasteiger partial charge is 0.0642 e. The van der Waals surface area contributed by atoms with Gasteiger partial charge >= 0.3 is 0 Å². The molecule has 0 aliphatic carbocycles. The van der Waals surface area contributed by atoms with Crippen LogP contribution in [0.15, 0.2) is 35.7 Å². The van der Waals surface area contributed by atoms with Gasteiger partial charge in [0.2, 0.25) is 0 Å². The molecule has 2 rings (SSSR count). The Morgan fingerprint density at radius 3 is 2.70 bits per heavy atom. The molecular weight excluding hydrogens is 288 g/mol. The minimum absolute atomic E-state index is 0.158. The van der Waals surface area contributed by atoms with Crippen LogP contribution in [0.25, 0.3) is 0 Å². The molecule has 0 radical (unpaired) electrons. The molecule has 108 valence electrons. The summed E-state index contributed by atoms with van der Waals surface area (Å²) in [6.07, 6.45) is 0.858. The summed E-state index contributed by atoms with van der Waals surface area (Å²) in [4.78, 5) is 3.65. The van der Waals surface area contributed by atoms with Gasteiger partial charge in [-0.2, -0.15) is 0 Å². The maximum Gasteiger partial charge on any atom is 0.0642 e. The van der Waals surface area contributed by atoms with Gasteiger partial charge in [-0.3, -0.25) is 0 Å². The third-order valence-corrected chi connectivity index (χ3v) is 4.38. The number of nitrogens with two attached hydrogens (primary N) is 1. The van der Waals surface area contributed by atoms with Crippen LogP contribution in [0.1, 0.15) is 24.3 Å². The maximum absolute atomic E-state index is 6.45. The molecule has 0 aliphatic heterocycles. The molecule has 1 heterocycles. The average Bonchev–Trinajstić information content (AvgIpc) is 2.89. The number of hydrogen-bond donors (Lipinski definition) is 1. The first-order valence-electron chi connectivity index (χ1n) is 6.91. The highest BCUT2D eigenvalue weighted by Gasteiger charge is 2.11. The van der Waals surface area contributed by atoms with Crippen molar-refractivity contribution in [3.05, 3.63) is 51.2 Å². The van der Waals surface area contributed by atoms with Crippen molar-refractivity contribution in [2.75, 3.05) is 11.4 Å². The van der Waals surface area contributed by atoms with Gasteiger partial charge in [0.1, 0.15) is 0 Å². The first-order chi connectivity index (χ1) is 9.60. The lowest BCUT2D eigenvalue weighted by Gasteiger charge is -2.24. The van der Waals surface area contributed by atoms with Gasteiger partial charge in [0.05, 0.1) is 17.3 Å². The topological polar surface area (TPSA) is 29.3 Å². The first kappa shape index (κ1) is 15.4. The molecule has 20 heavy (non-hydrogen) atoms. The Kier molecular flexibility index (Phi) is 5.46. The Balaban J connectivity index is 2.17. The Morgan fingerprint density at radius 1 is 1.35 bits per heavy atom. The van der Waals surface area contributed by atoms with Crippen molar-refractivity contribution in [2.45, 2.75) is 32.9 Å². The molecule has 0 saturated carbocycles. The van der Waals surface area contributed by atoms with E-state index in [1.54, 1.807) is 11.3 Å². The number of hydrogen-bond acceptors (Lipinski definition) is 3. The molecule has 0 amide bonds. The van der Waals surface area contributed by atoms with Crippen molar-refractivity contribution in [1.82, 2.24) is 0 Å². The van der Waals surface area contributed by atoms with Crippen LogP contribution in [0.5, 0.6) is 0 Å². The minimum atomic E-state index is 0.158. The summed E-state index contributed by atoms with van der Waals surface area (Å²) >= 11 is 8.22. The van der Waals surface area contributed by atoms with E-state index >= 15 is 0 Å². The fraction of sp³-hybridized carbons (Fsp3) is 0.375. The predicted molar refractivity (Wildman–Crippen MR) is 89.8 cm³/mol. The van der Waals surface area contributed by atoms with Crippen LogP contribution < -0.4 is 10.6 Å². The van der Waals surface area contributed by atoms with Crippen molar-refractivity contribution in [2.24, 2.45) is 5.73 Å². The quantitative estimate of drug-likeness (QED) is 0.861. The maximum atomic E-state index is 6.45. The van der Waals surface area contributed by atoms with Gasteiger partial charge in [-0.15, -0.1) is 11.3 Å². The van der Waals surface area contributed by atoms with E-state index in [-0.39, 0.29) is 6.04 Å². The zero-order valence-corrected chi connectivity index (χ0v) is 13.5. The van der Waals surface area contributed by atoms with Crippen molar-refractivity contribution in [3.63, 3.8) is 0 Å². The first-order valence-corrected chi connectivity index (χ1v) is 8.17. The highest BCUT2D eigenvalue weighted by atomic mass is 35.5. The Bertz CT molecular complexity index is 537. The number of benzene rings is 1. The van der Waals surface area contributed by atoms with Gasteiger partial charge in [0.15, 0.2) is 0 Å². The Hall–Kier alpha value is -1.03. The zero-order valence-electron chi connectivity index (χ0n) is 12.0. The molecule has 2 N–H and O–H groups in total. The van der Waals surface area contributed by atoms with E-state index in [0.717, 1.165) is 30.2 Å². The van der Waals surface area contributed by atoms with E-state index in [9.17, 15) is 0 Å². The average molecular weight is 309 g/mol. The molecule has 4 heteroatoms. The van der Waals surface area contributed by atoms with Crippen LogP contribution in [-0.4, -0.2) is 12.6 Å². The molecule has 1 aromatic carbocycles. The fourth-order valence-corrected chi connectivity index (χ4v) is 3.31. The second-order valence-corrected chi connectivity index (χ2v) is 6.50. The fourth-order valence-electron chi connectivity index (χ4n) is 2.26. The van der Waals surface area contributed by atoms with Gasteiger partial charge in [0, 0.05) is 17.5 Å². The van der Waals surface area contributed by atoms with Gasteiger partial charge in [0.25, 0.3) is 0 Å². The van der Waals surface area contributed by atoms with Gasteiger partial charge in [-0.05, 0) is 49.4 Å². The summed E-state index contributed by atoms with van der Waals surface area (Å²) in [6.45, 7) is 6.00. The Labute approximate surface area is 130 Å². The third kappa shape index (κ3) is 3.98. The molecule has 0 saturated heterocycles. The molecule has 0 bridgehead atoms. The van der Waals surface area contributed by atoms with Crippen LogP contribution >= 0.6 is 22.9 Å². The SMILES string of the molecule is CCN(Cc1cccs1)c1ccc(CC(C)N)cc1Cl. The van der Waals surface area contributed by atoms with Crippen molar-refractivity contribution < 1.29 is 0 Å². The summed E-state index contributed by atoms with van der Waals surface area (Å²) in [5, 5.41) is 2.91. The lowest BCUT2D eigenvalue weighted by atomic mass is 10.1. The summed E-state index contributed by atoms with van der Waals surface area (Å²) in [6, 6.07) is 10.7. The van der Waals surface area contributed by atoms with Crippen LogP contribution in [-0.2, 0) is 13.0 Å². The number of rotatable bonds is 6. The number of anilines is 1. The van der Waals surface area contributed by atoms with Crippen LogP contribution in [0.3, 0.4) is 0 Å². The second kappa shape index (κ2) is 7.11. The molecule has 0 aliphatic rings. The number of nitrogens with zero attached hydrogens (tertiary/aromatic N) is 1. The van der Waals surface area contributed by atoms with E-state index < -0.39 is 0 Å². The lowest BCUT2D eigenvalue weighted by molar-refractivity contribution is 0.738. The highest BCUT2D eigenvalue weighted by molar-refractivity contribution is 7.09. The van der Waals surface area contributed by atoms with Crippen molar-refractivity contribution in [3.8, 4) is 0 Å². The van der Waals surface area contributed by atoms with Crippen LogP contribution in [0, 0.1) is 0 Å². The number of thiophene rings is 1. The van der Waals surface area contributed by atoms with E-state index in [0.29, 0.717) is 0 Å².